The van der Waals surface area contributed by atoms with E-state index in [4.69, 9.17) is 16.3 Å². The minimum absolute atomic E-state index is 0.122. The molecule has 0 radical (unpaired) electrons. The zero-order valence-corrected chi connectivity index (χ0v) is 17.2. The third-order valence-corrected chi connectivity index (χ3v) is 7.22. The molecule has 0 bridgehead atoms. The summed E-state index contributed by atoms with van der Waals surface area (Å²) in [6.07, 6.45) is 1.00. The molecule has 6 nitrogen and oxygen atoms in total. The maximum Gasteiger partial charge on any atom is 0.254 e. The Kier molecular flexibility index (Phi) is 5.65. The van der Waals surface area contributed by atoms with E-state index in [1.807, 2.05) is 13.0 Å². The van der Waals surface area contributed by atoms with Crippen LogP contribution in [-0.2, 0) is 17.1 Å². The fraction of sp³-hybridized carbons (Fsp3) is 0.421. The van der Waals surface area contributed by atoms with Gasteiger partial charge in [-0.05, 0) is 50.5 Å². The van der Waals surface area contributed by atoms with Crippen molar-refractivity contribution < 1.29 is 13.2 Å². The molecule has 1 aliphatic heterocycles. The molecule has 3 rings (SSSR count). The normalized spacial score (nSPS) is 16.4. The summed E-state index contributed by atoms with van der Waals surface area (Å²) < 4.78 is 34.8. The highest BCUT2D eigenvalue weighted by molar-refractivity contribution is 7.89. The summed E-state index contributed by atoms with van der Waals surface area (Å²) in [5.74, 6) is 0.530. The number of pyridine rings is 1. The topological polar surface area (TPSA) is 68.6 Å². The van der Waals surface area contributed by atoms with Crippen LogP contribution in [0.4, 0.5) is 0 Å². The second-order valence-corrected chi connectivity index (χ2v) is 9.20. The van der Waals surface area contributed by atoms with Gasteiger partial charge in [0, 0.05) is 36.9 Å². The number of rotatable bonds is 4. The minimum atomic E-state index is -3.59. The number of hydrogen-bond donors (Lipinski definition) is 0. The maximum absolute atomic E-state index is 12.9. The van der Waals surface area contributed by atoms with Crippen molar-refractivity contribution in [1.82, 2.24) is 8.87 Å². The van der Waals surface area contributed by atoms with Crippen LogP contribution in [0, 0.1) is 13.8 Å². The van der Waals surface area contributed by atoms with Crippen LogP contribution in [-0.4, -0.2) is 36.5 Å². The Hall–Kier alpha value is -1.83. The molecule has 0 aliphatic carbocycles. The third-order valence-electron chi connectivity index (χ3n) is 4.95. The van der Waals surface area contributed by atoms with Gasteiger partial charge in [0.15, 0.2) is 0 Å². The molecule has 2 heterocycles. The monoisotopic (exact) mass is 410 g/mol. The van der Waals surface area contributed by atoms with Crippen LogP contribution in [0.15, 0.2) is 40.0 Å². The molecule has 146 valence electrons. The fourth-order valence-electron chi connectivity index (χ4n) is 3.18. The number of nitrogens with zero attached hydrogens (tertiary/aromatic N) is 2. The Balaban J connectivity index is 1.70. The van der Waals surface area contributed by atoms with Crippen LogP contribution in [0.1, 0.15) is 24.1 Å². The van der Waals surface area contributed by atoms with Gasteiger partial charge < -0.3 is 9.30 Å². The molecule has 0 amide bonds. The Morgan fingerprint density at radius 1 is 1.11 bits per heavy atom. The van der Waals surface area contributed by atoms with Crippen LogP contribution in [0.5, 0.6) is 5.75 Å². The third kappa shape index (κ3) is 4.20. The molecule has 0 unspecified atom stereocenters. The average Bonchev–Trinajstić information content (AvgIpc) is 2.62. The number of ether oxygens (including phenoxy) is 1. The quantitative estimate of drug-likeness (QED) is 0.777. The predicted molar refractivity (Wildman–Crippen MR) is 105 cm³/mol. The largest absolute Gasteiger partial charge is 0.490 e. The second kappa shape index (κ2) is 7.66. The summed E-state index contributed by atoms with van der Waals surface area (Å²) in [4.78, 5) is 12.1. The van der Waals surface area contributed by atoms with Crippen LogP contribution in [0.25, 0.3) is 0 Å². The molecule has 0 spiro atoms. The lowest BCUT2D eigenvalue weighted by atomic mass is 10.1. The van der Waals surface area contributed by atoms with Crippen LogP contribution in [0.3, 0.4) is 0 Å². The summed E-state index contributed by atoms with van der Waals surface area (Å²) in [5, 5.41) is 0.401. The average molecular weight is 411 g/mol. The first-order chi connectivity index (χ1) is 12.7. The van der Waals surface area contributed by atoms with E-state index in [1.165, 1.54) is 16.4 Å². The molecule has 1 aliphatic rings. The van der Waals surface area contributed by atoms with E-state index in [0.29, 0.717) is 42.3 Å². The Bertz CT molecular complexity index is 1010. The first kappa shape index (κ1) is 19.9. The SMILES string of the molecule is Cc1ccc(Cl)cc1S(=O)(=O)N1CCC(Oc2cc(C)n(C)c(=O)c2)CC1. The zero-order chi connectivity index (χ0) is 19.8. The Morgan fingerprint density at radius 2 is 1.78 bits per heavy atom. The summed E-state index contributed by atoms with van der Waals surface area (Å²) in [6, 6.07) is 8.17. The molecule has 27 heavy (non-hydrogen) atoms. The summed E-state index contributed by atoms with van der Waals surface area (Å²) in [7, 11) is -1.88. The lowest BCUT2D eigenvalue weighted by molar-refractivity contribution is 0.134. The summed E-state index contributed by atoms with van der Waals surface area (Å²) in [6.45, 7) is 4.33. The van der Waals surface area contributed by atoms with E-state index in [-0.39, 0.29) is 16.6 Å². The smallest absolute Gasteiger partial charge is 0.254 e. The van der Waals surface area contributed by atoms with Gasteiger partial charge in [0.25, 0.3) is 5.56 Å². The lowest BCUT2D eigenvalue weighted by Gasteiger charge is -2.31. The number of halogens is 1. The summed E-state index contributed by atoms with van der Waals surface area (Å²) >= 11 is 5.98. The van der Waals surface area contributed by atoms with Gasteiger partial charge in [-0.2, -0.15) is 4.31 Å². The highest BCUT2D eigenvalue weighted by atomic mass is 35.5. The number of aryl methyl sites for hydroxylation is 2. The van der Waals surface area contributed by atoms with Gasteiger partial charge in [-0.15, -0.1) is 0 Å². The number of benzene rings is 1. The van der Waals surface area contributed by atoms with Crippen molar-refractivity contribution in [1.29, 1.82) is 0 Å². The Labute approximate surface area is 164 Å². The van der Waals surface area contributed by atoms with Crippen molar-refractivity contribution in [2.75, 3.05) is 13.1 Å². The fourth-order valence-corrected chi connectivity index (χ4v) is 5.14. The molecule has 8 heteroatoms. The number of piperidine rings is 1. The van der Waals surface area contributed by atoms with E-state index in [1.54, 1.807) is 30.7 Å². The molecule has 0 atom stereocenters. The van der Waals surface area contributed by atoms with Gasteiger partial charge in [-0.1, -0.05) is 17.7 Å². The second-order valence-electron chi connectivity index (χ2n) is 6.86. The van der Waals surface area contributed by atoms with E-state index in [0.717, 1.165) is 5.69 Å². The Morgan fingerprint density at radius 3 is 2.41 bits per heavy atom. The first-order valence-corrected chi connectivity index (χ1v) is 10.6. The highest BCUT2D eigenvalue weighted by Crippen LogP contribution is 2.27. The van der Waals surface area contributed by atoms with Crippen molar-refractivity contribution in [2.45, 2.75) is 37.7 Å². The molecule has 1 fully saturated rings. The molecular formula is C19H23ClN2O4S. The van der Waals surface area contributed by atoms with E-state index >= 15 is 0 Å². The minimum Gasteiger partial charge on any atom is -0.490 e. The number of aromatic nitrogens is 1. The summed E-state index contributed by atoms with van der Waals surface area (Å²) in [5.41, 5.74) is 1.36. The standard InChI is InChI=1S/C19H23ClN2O4S/c1-13-4-5-15(20)11-18(13)27(24,25)22-8-6-16(7-9-22)26-17-10-14(2)21(3)19(23)12-17/h4-5,10-12,16H,6-9H2,1-3H3. The van der Waals surface area contributed by atoms with Crippen molar-refractivity contribution in [3.05, 3.63) is 57.0 Å². The van der Waals surface area contributed by atoms with Crippen LogP contribution < -0.4 is 10.3 Å². The van der Waals surface area contributed by atoms with E-state index < -0.39 is 10.0 Å². The van der Waals surface area contributed by atoms with Crippen molar-refractivity contribution in [3.63, 3.8) is 0 Å². The highest BCUT2D eigenvalue weighted by Gasteiger charge is 2.31. The van der Waals surface area contributed by atoms with Gasteiger partial charge in [-0.25, -0.2) is 8.42 Å². The van der Waals surface area contributed by atoms with E-state index in [9.17, 15) is 13.2 Å². The first-order valence-electron chi connectivity index (χ1n) is 8.79. The molecule has 2 aromatic rings. The van der Waals surface area contributed by atoms with Gasteiger partial charge in [-0.3, -0.25) is 4.79 Å². The molecule has 1 aromatic heterocycles. The van der Waals surface area contributed by atoms with Crippen molar-refractivity contribution in [3.8, 4) is 5.75 Å². The van der Waals surface area contributed by atoms with E-state index in [2.05, 4.69) is 0 Å². The molecule has 1 saturated heterocycles. The van der Waals surface area contributed by atoms with Gasteiger partial charge >= 0.3 is 0 Å². The number of hydrogen-bond acceptors (Lipinski definition) is 4. The molecular weight excluding hydrogens is 388 g/mol. The number of sulfonamides is 1. The maximum atomic E-state index is 12.9. The molecule has 0 N–H and O–H groups in total. The van der Waals surface area contributed by atoms with Crippen molar-refractivity contribution >= 4 is 21.6 Å². The lowest BCUT2D eigenvalue weighted by Crippen LogP contribution is -2.42. The van der Waals surface area contributed by atoms with Crippen LogP contribution >= 0.6 is 11.6 Å². The van der Waals surface area contributed by atoms with Crippen LogP contribution in [0.2, 0.25) is 5.02 Å². The molecule has 1 aromatic carbocycles. The van der Waals surface area contributed by atoms with Gasteiger partial charge in [0.05, 0.1) is 4.90 Å². The molecule has 0 saturated carbocycles. The van der Waals surface area contributed by atoms with Crippen molar-refractivity contribution in [2.24, 2.45) is 7.05 Å². The zero-order valence-electron chi connectivity index (χ0n) is 15.6. The predicted octanol–water partition coefficient (Wildman–Crippen LogP) is 2.89. The van der Waals surface area contributed by atoms with Gasteiger partial charge in [0.2, 0.25) is 10.0 Å². The van der Waals surface area contributed by atoms with Gasteiger partial charge in [0.1, 0.15) is 11.9 Å².